The van der Waals surface area contributed by atoms with E-state index in [1.807, 2.05) is 6.92 Å². The van der Waals surface area contributed by atoms with Crippen LogP contribution in [0.2, 0.25) is 0 Å². The summed E-state index contributed by atoms with van der Waals surface area (Å²) in [5, 5.41) is 0. The molecule has 0 spiro atoms. The standard InChI is InChI=1S/C18H34O3/c1-3-14-17(19)15-12-10-8-6-5-7-9-11-13-16-18(20)21-4-2/h3-16H2,1-2H3. The van der Waals surface area contributed by atoms with E-state index in [0.717, 1.165) is 38.5 Å². The van der Waals surface area contributed by atoms with Gasteiger partial charge < -0.3 is 4.74 Å². The molecule has 0 aliphatic rings. The largest absolute Gasteiger partial charge is 0.466 e. The minimum Gasteiger partial charge on any atom is -0.466 e. The average molecular weight is 298 g/mol. The van der Waals surface area contributed by atoms with Crippen molar-refractivity contribution in [2.24, 2.45) is 0 Å². The fourth-order valence-electron chi connectivity index (χ4n) is 2.47. The summed E-state index contributed by atoms with van der Waals surface area (Å²) in [5.41, 5.74) is 0. The number of esters is 1. The van der Waals surface area contributed by atoms with Crippen molar-refractivity contribution in [1.29, 1.82) is 0 Å². The van der Waals surface area contributed by atoms with Gasteiger partial charge in [0.1, 0.15) is 5.78 Å². The molecule has 0 amide bonds. The van der Waals surface area contributed by atoms with Crippen molar-refractivity contribution in [3.05, 3.63) is 0 Å². The number of ketones is 1. The van der Waals surface area contributed by atoms with Crippen molar-refractivity contribution in [2.45, 2.75) is 97.3 Å². The van der Waals surface area contributed by atoms with Crippen LogP contribution in [0.4, 0.5) is 0 Å². The second-order valence-electron chi connectivity index (χ2n) is 5.78. The molecule has 0 fully saturated rings. The molecular weight excluding hydrogens is 264 g/mol. The molecule has 0 aromatic carbocycles. The molecule has 0 rings (SSSR count). The van der Waals surface area contributed by atoms with E-state index in [-0.39, 0.29) is 5.97 Å². The summed E-state index contributed by atoms with van der Waals surface area (Å²) in [5.74, 6) is 0.370. The Balaban J connectivity index is 3.12. The summed E-state index contributed by atoms with van der Waals surface area (Å²) >= 11 is 0. The topological polar surface area (TPSA) is 43.4 Å². The Labute approximate surface area is 130 Å². The number of unbranched alkanes of at least 4 members (excludes halogenated alkanes) is 8. The maximum absolute atomic E-state index is 11.3. The highest BCUT2D eigenvalue weighted by Gasteiger charge is 2.01. The van der Waals surface area contributed by atoms with E-state index in [9.17, 15) is 9.59 Å². The monoisotopic (exact) mass is 298 g/mol. The van der Waals surface area contributed by atoms with Gasteiger partial charge >= 0.3 is 5.97 Å². The molecule has 0 unspecified atom stereocenters. The van der Waals surface area contributed by atoms with Crippen LogP contribution in [0.3, 0.4) is 0 Å². The molecule has 0 N–H and O–H groups in total. The summed E-state index contributed by atoms with van der Waals surface area (Å²) in [6, 6.07) is 0. The molecule has 0 aliphatic carbocycles. The minimum absolute atomic E-state index is 0.0601. The summed E-state index contributed by atoms with van der Waals surface area (Å²) in [6.45, 7) is 4.39. The molecule has 21 heavy (non-hydrogen) atoms. The highest BCUT2D eigenvalue weighted by atomic mass is 16.5. The SMILES string of the molecule is CCCC(=O)CCCCCCCCCCCC(=O)OCC. The number of hydrogen-bond donors (Lipinski definition) is 0. The van der Waals surface area contributed by atoms with Crippen LogP contribution in [0.1, 0.15) is 97.3 Å². The van der Waals surface area contributed by atoms with Gasteiger partial charge in [0.2, 0.25) is 0 Å². The van der Waals surface area contributed by atoms with E-state index in [0.29, 0.717) is 18.8 Å². The number of carbonyl (C=O) groups is 2. The fourth-order valence-corrected chi connectivity index (χ4v) is 2.47. The third-order valence-corrected chi connectivity index (χ3v) is 3.67. The quantitative estimate of drug-likeness (QED) is 0.308. The van der Waals surface area contributed by atoms with Crippen LogP contribution in [-0.4, -0.2) is 18.4 Å². The first kappa shape index (κ1) is 20.1. The smallest absolute Gasteiger partial charge is 0.305 e. The minimum atomic E-state index is -0.0601. The Bertz CT molecular complexity index is 235. The van der Waals surface area contributed by atoms with Crippen LogP contribution >= 0.6 is 0 Å². The van der Waals surface area contributed by atoms with Gasteiger partial charge in [0.05, 0.1) is 6.61 Å². The van der Waals surface area contributed by atoms with Crippen molar-refractivity contribution in [3.63, 3.8) is 0 Å². The van der Waals surface area contributed by atoms with Crippen molar-refractivity contribution in [2.75, 3.05) is 6.61 Å². The predicted octanol–water partition coefficient (Wildman–Crippen LogP) is 5.21. The summed E-state index contributed by atoms with van der Waals surface area (Å²) in [4.78, 5) is 22.5. The van der Waals surface area contributed by atoms with E-state index in [1.54, 1.807) is 0 Å². The lowest BCUT2D eigenvalue weighted by Gasteiger charge is -2.03. The zero-order valence-corrected chi connectivity index (χ0v) is 14.1. The average Bonchev–Trinajstić information content (AvgIpc) is 2.45. The molecule has 0 aliphatic heterocycles. The number of ether oxygens (including phenoxy) is 1. The Morgan fingerprint density at radius 2 is 1.14 bits per heavy atom. The molecule has 0 atom stereocenters. The van der Waals surface area contributed by atoms with Crippen LogP contribution in [-0.2, 0) is 14.3 Å². The Hall–Kier alpha value is -0.860. The molecule has 124 valence electrons. The molecule has 0 bridgehead atoms. The van der Waals surface area contributed by atoms with Crippen LogP contribution in [0.25, 0.3) is 0 Å². The lowest BCUT2D eigenvalue weighted by molar-refractivity contribution is -0.143. The fraction of sp³-hybridized carbons (Fsp3) is 0.889. The van der Waals surface area contributed by atoms with Crippen LogP contribution in [0.5, 0.6) is 0 Å². The molecule has 0 saturated carbocycles. The van der Waals surface area contributed by atoms with Gasteiger partial charge in [0, 0.05) is 19.3 Å². The maximum atomic E-state index is 11.3. The lowest BCUT2D eigenvalue weighted by Crippen LogP contribution is -2.03. The summed E-state index contributed by atoms with van der Waals surface area (Å²) < 4.78 is 4.89. The maximum Gasteiger partial charge on any atom is 0.305 e. The zero-order chi connectivity index (χ0) is 15.8. The Morgan fingerprint density at radius 1 is 0.667 bits per heavy atom. The van der Waals surface area contributed by atoms with Crippen molar-refractivity contribution in [3.8, 4) is 0 Å². The van der Waals surface area contributed by atoms with Crippen molar-refractivity contribution < 1.29 is 14.3 Å². The summed E-state index contributed by atoms with van der Waals surface area (Å²) in [6.07, 6.45) is 13.7. The Morgan fingerprint density at radius 3 is 1.62 bits per heavy atom. The van der Waals surface area contributed by atoms with Gasteiger partial charge in [0.15, 0.2) is 0 Å². The first-order valence-electron chi connectivity index (χ1n) is 8.88. The molecule has 0 aromatic heterocycles. The second kappa shape index (κ2) is 15.5. The van der Waals surface area contributed by atoms with Gasteiger partial charge in [-0.25, -0.2) is 0 Å². The number of rotatable bonds is 15. The third-order valence-electron chi connectivity index (χ3n) is 3.67. The molecule has 3 heteroatoms. The normalized spacial score (nSPS) is 10.6. The molecule has 0 aromatic rings. The van der Waals surface area contributed by atoms with E-state index in [1.165, 1.54) is 38.5 Å². The van der Waals surface area contributed by atoms with E-state index < -0.39 is 0 Å². The number of hydrogen-bond acceptors (Lipinski definition) is 3. The molecule has 3 nitrogen and oxygen atoms in total. The van der Waals surface area contributed by atoms with Crippen molar-refractivity contribution in [1.82, 2.24) is 0 Å². The van der Waals surface area contributed by atoms with E-state index >= 15 is 0 Å². The van der Waals surface area contributed by atoms with Gasteiger partial charge in [-0.2, -0.15) is 0 Å². The van der Waals surface area contributed by atoms with Crippen LogP contribution in [0, 0.1) is 0 Å². The Kier molecular flexibility index (Phi) is 14.9. The summed E-state index contributed by atoms with van der Waals surface area (Å²) in [7, 11) is 0. The van der Waals surface area contributed by atoms with Gasteiger partial charge in [-0.15, -0.1) is 0 Å². The molecule has 0 heterocycles. The lowest BCUT2D eigenvalue weighted by atomic mass is 10.0. The molecule has 0 radical (unpaired) electrons. The van der Waals surface area contributed by atoms with Gasteiger partial charge in [-0.3, -0.25) is 9.59 Å². The first-order chi connectivity index (χ1) is 10.2. The number of carbonyl (C=O) groups excluding carboxylic acids is 2. The second-order valence-corrected chi connectivity index (χ2v) is 5.78. The first-order valence-corrected chi connectivity index (χ1v) is 8.88. The third kappa shape index (κ3) is 15.3. The molecule has 0 saturated heterocycles. The number of Topliss-reactive ketones (excluding diaryl/α,β-unsaturated/α-hetero) is 1. The van der Waals surface area contributed by atoms with Gasteiger partial charge in [-0.05, 0) is 26.2 Å². The van der Waals surface area contributed by atoms with Gasteiger partial charge in [-0.1, -0.05) is 51.9 Å². The highest BCUT2D eigenvalue weighted by molar-refractivity contribution is 5.78. The van der Waals surface area contributed by atoms with Crippen LogP contribution < -0.4 is 0 Å². The molecular formula is C18H34O3. The van der Waals surface area contributed by atoms with Crippen molar-refractivity contribution >= 4 is 11.8 Å². The van der Waals surface area contributed by atoms with E-state index in [2.05, 4.69) is 6.92 Å². The highest BCUT2D eigenvalue weighted by Crippen LogP contribution is 2.12. The van der Waals surface area contributed by atoms with Gasteiger partial charge in [0.25, 0.3) is 0 Å². The predicted molar refractivity (Wildman–Crippen MR) is 87.3 cm³/mol. The van der Waals surface area contributed by atoms with Crippen LogP contribution in [0.15, 0.2) is 0 Å². The van der Waals surface area contributed by atoms with E-state index in [4.69, 9.17) is 4.74 Å². The zero-order valence-electron chi connectivity index (χ0n) is 14.1.